The minimum absolute atomic E-state index is 0.213. The number of nitrogens with zero attached hydrogens (tertiary/aromatic N) is 2. The number of aliphatic hydroxyl groups excluding tert-OH is 4. The van der Waals surface area contributed by atoms with Gasteiger partial charge in [-0.25, -0.2) is 0 Å². The van der Waals surface area contributed by atoms with E-state index in [1.807, 2.05) is 6.07 Å². The summed E-state index contributed by atoms with van der Waals surface area (Å²) in [4.78, 5) is 16.8. The molecule has 4 aromatic rings. The minimum Gasteiger partial charge on any atom is -0.462 e. The molecule has 5 atom stereocenters. The van der Waals surface area contributed by atoms with Crippen LogP contribution in [0.15, 0.2) is 47.4 Å². The zero-order valence-electron chi connectivity index (χ0n) is 15.0. The van der Waals surface area contributed by atoms with E-state index in [4.69, 9.17) is 9.47 Å². The molecule has 3 aromatic heterocycles. The van der Waals surface area contributed by atoms with Gasteiger partial charge in [-0.05, 0) is 24.3 Å². The van der Waals surface area contributed by atoms with Crippen LogP contribution in [0.3, 0.4) is 0 Å². The third-order valence-electron chi connectivity index (χ3n) is 5.38. The van der Waals surface area contributed by atoms with Crippen molar-refractivity contribution in [3.8, 4) is 5.75 Å². The van der Waals surface area contributed by atoms with Crippen molar-refractivity contribution in [2.45, 2.75) is 30.7 Å². The summed E-state index contributed by atoms with van der Waals surface area (Å²) in [6, 6.07) is 10.0. The number of hydrogen-bond acceptors (Lipinski definition) is 8. The first-order valence-corrected chi connectivity index (χ1v) is 9.12. The van der Waals surface area contributed by atoms with Crippen LogP contribution in [0, 0.1) is 0 Å². The Hall–Kier alpha value is -2.82. The van der Waals surface area contributed by atoms with E-state index in [-0.39, 0.29) is 11.3 Å². The molecule has 1 aliphatic rings. The zero-order valence-corrected chi connectivity index (χ0v) is 15.0. The van der Waals surface area contributed by atoms with Gasteiger partial charge in [-0.15, -0.1) is 0 Å². The van der Waals surface area contributed by atoms with Gasteiger partial charge in [0.05, 0.1) is 23.2 Å². The Balaban J connectivity index is 1.59. The van der Waals surface area contributed by atoms with Gasteiger partial charge in [0.25, 0.3) is 5.56 Å². The molecule has 1 aliphatic heterocycles. The summed E-state index contributed by atoms with van der Waals surface area (Å²) in [6.07, 6.45) is -5.21. The molecule has 4 N–H and O–H groups in total. The van der Waals surface area contributed by atoms with E-state index in [0.717, 1.165) is 10.8 Å². The van der Waals surface area contributed by atoms with Crippen LogP contribution in [-0.2, 0) is 4.74 Å². The van der Waals surface area contributed by atoms with E-state index >= 15 is 0 Å². The molecule has 1 saturated heterocycles. The highest BCUT2D eigenvalue weighted by Crippen LogP contribution is 2.33. The van der Waals surface area contributed by atoms with E-state index < -0.39 is 37.3 Å². The Labute approximate surface area is 163 Å². The number of rotatable bonds is 3. The Kier molecular flexibility index (Phi) is 4.16. The Morgan fingerprint density at radius 1 is 1.03 bits per heavy atom. The lowest BCUT2D eigenvalue weighted by molar-refractivity contribution is -0.277. The number of hydrogen-bond donors (Lipinski definition) is 4. The van der Waals surface area contributed by atoms with Gasteiger partial charge in [-0.1, -0.05) is 0 Å². The normalized spacial score (nSPS) is 27.8. The van der Waals surface area contributed by atoms with Crippen molar-refractivity contribution in [2.24, 2.45) is 0 Å². The second-order valence-corrected chi connectivity index (χ2v) is 7.09. The minimum atomic E-state index is -1.54. The lowest BCUT2D eigenvalue weighted by Crippen LogP contribution is -2.60. The van der Waals surface area contributed by atoms with Gasteiger partial charge in [0, 0.05) is 29.1 Å². The first-order chi connectivity index (χ1) is 14.0. The van der Waals surface area contributed by atoms with Crippen LogP contribution in [0.5, 0.6) is 5.75 Å². The van der Waals surface area contributed by atoms with Gasteiger partial charge in [-0.3, -0.25) is 14.2 Å². The largest absolute Gasteiger partial charge is 0.462 e. The van der Waals surface area contributed by atoms with Crippen molar-refractivity contribution in [1.29, 1.82) is 0 Å². The van der Waals surface area contributed by atoms with Crippen LogP contribution in [0.4, 0.5) is 0 Å². The third kappa shape index (κ3) is 2.67. The van der Waals surface area contributed by atoms with Crippen molar-refractivity contribution in [3.63, 3.8) is 0 Å². The number of aliphatic hydroxyl groups is 4. The molecule has 5 unspecified atom stereocenters. The molecule has 9 nitrogen and oxygen atoms in total. The Morgan fingerprint density at radius 2 is 1.86 bits per heavy atom. The highest BCUT2D eigenvalue weighted by atomic mass is 16.7. The molecule has 29 heavy (non-hydrogen) atoms. The lowest BCUT2D eigenvalue weighted by atomic mass is 9.99. The van der Waals surface area contributed by atoms with Gasteiger partial charge in [0.2, 0.25) is 6.29 Å². The number of pyridine rings is 2. The molecule has 9 heteroatoms. The van der Waals surface area contributed by atoms with Gasteiger partial charge >= 0.3 is 0 Å². The molecule has 0 radical (unpaired) electrons. The molecule has 5 rings (SSSR count). The monoisotopic (exact) mass is 398 g/mol. The SMILES string of the molecule is O=c1ccc2nccc3c4ccc(OC5OC(CO)C(O)C(O)C5O)cc4n1c23. The van der Waals surface area contributed by atoms with Crippen molar-refractivity contribution in [2.75, 3.05) is 6.61 Å². The van der Waals surface area contributed by atoms with Gasteiger partial charge in [0.15, 0.2) is 0 Å². The highest BCUT2D eigenvalue weighted by Gasteiger charge is 2.44. The standard InChI is InChI=1S/C20H18N2O7/c23-8-14-17(25)18(26)19(27)20(29-14)28-9-1-2-10-11-5-6-21-12-3-4-15(24)22(16(11)12)13(10)7-9/h1-7,14,17-20,23,25-27H,8H2. The fourth-order valence-corrected chi connectivity index (χ4v) is 3.91. The van der Waals surface area contributed by atoms with Crippen LogP contribution < -0.4 is 10.3 Å². The van der Waals surface area contributed by atoms with Crippen LogP contribution >= 0.6 is 0 Å². The summed E-state index contributed by atoms with van der Waals surface area (Å²) in [5, 5.41) is 41.0. The van der Waals surface area contributed by atoms with Crippen LogP contribution in [0.1, 0.15) is 0 Å². The summed E-state index contributed by atoms with van der Waals surface area (Å²) >= 11 is 0. The summed E-state index contributed by atoms with van der Waals surface area (Å²) in [5.74, 6) is 0.290. The molecular formula is C20H18N2O7. The van der Waals surface area contributed by atoms with E-state index in [0.29, 0.717) is 16.6 Å². The van der Waals surface area contributed by atoms with E-state index in [1.54, 1.807) is 34.9 Å². The fourth-order valence-electron chi connectivity index (χ4n) is 3.91. The molecule has 0 spiro atoms. The van der Waals surface area contributed by atoms with Crippen molar-refractivity contribution in [1.82, 2.24) is 9.38 Å². The molecule has 0 amide bonds. The fraction of sp³-hybridized carbons (Fsp3) is 0.300. The summed E-state index contributed by atoms with van der Waals surface area (Å²) in [7, 11) is 0. The van der Waals surface area contributed by atoms with Crippen molar-refractivity contribution < 1.29 is 29.9 Å². The van der Waals surface area contributed by atoms with Crippen molar-refractivity contribution in [3.05, 3.63) is 52.9 Å². The maximum absolute atomic E-state index is 12.5. The first kappa shape index (κ1) is 18.2. The smallest absolute Gasteiger partial charge is 0.255 e. The molecule has 0 bridgehead atoms. The number of fused-ring (bicyclic) bond motifs is 3. The van der Waals surface area contributed by atoms with Crippen LogP contribution in [0.2, 0.25) is 0 Å². The second kappa shape index (κ2) is 6.61. The lowest BCUT2D eigenvalue weighted by Gasteiger charge is -2.39. The summed E-state index contributed by atoms with van der Waals surface area (Å²) in [6.45, 7) is -0.547. The molecule has 0 saturated carbocycles. The van der Waals surface area contributed by atoms with E-state index in [9.17, 15) is 25.2 Å². The van der Waals surface area contributed by atoms with Gasteiger partial charge in [-0.2, -0.15) is 0 Å². The molecule has 1 fully saturated rings. The molecule has 4 heterocycles. The number of benzene rings is 1. The predicted octanol–water partition coefficient (Wildman–Crippen LogP) is -0.383. The Morgan fingerprint density at radius 3 is 2.66 bits per heavy atom. The van der Waals surface area contributed by atoms with Crippen LogP contribution in [-0.4, -0.2) is 67.1 Å². The molecule has 150 valence electrons. The number of ether oxygens (including phenoxy) is 2. The summed E-state index contributed by atoms with van der Waals surface area (Å²) in [5.41, 5.74) is 1.79. The average Bonchev–Trinajstić information content (AvgIpc) is 3.07. The molecular weight excluding hydrogens is 380 g/mol. The first-order valence-electron chi connectivity index (χ1n) is 9.12. The Bertz CT molecular complexity index is 1250. The van der Waals surface area contributed by atoms with Gasteiger partial charge in [0.1, 0.15) is 30.2 Å². The van der Waals surface area contributed by atoms with Gasteiger partial charge < -0.3 is 29.9 Å². The predicted molar refractivity (Wildman–Crippen MR) is 102 cm³/mol. The van der Waals surface area contributed by atoms with Crippen molar-refractivity contribution >= 4 is 27.3 Å². The summed E-state index contributed by atoms with van der Waals surface area (Å²) < 4.78 is 12.6. The zero-order chi connectivity index (χ0) is 20.3. The number of aromatic nitrogens is 2. The maximum Gasteiger partial charge on any atom is 0.255 e. The van der Waals surface area contributed by atoms with E-state index in [1.165, 1.54) is 6.07 Å². The van der Waals surface area contributed by atoms with Crippen LogP contribution in [0.25, 0.3) is 27.3 Å². The molecule has 1 aromatic carbocycles. The van der Waals surface area contributed by atoms with E-state index in [2.05, 4.69) is 4.98 Å². The molecule has 0 aliphatic carbocycles. The highest BCUT2D eigenvalue weighted by molar-refractivity contribution is 6.12. The maximum atomic E-state index is 12.5. The quantitative estimate of drug-likeness (QED) is 0.367. The third-order valence-corrected chi connectivity index (χ3v) is 5.38. The average molecular weight is 398 g/mol. The topological polar surface area (TPSA) is 134 Å². The second-order valence-electron chi connectivity index (χ2n) is 7.09.